The van der Waals surface area contributed by atoms with Crippen molar-refractivity contribution in [2.24, 2.45) is 0 Å². The van der Waals surface area contributed by atoms with Crippen LogP contribution in [0.15, 0.2) is 104 Å². The maximum atomic E-state index is 13.1. The first-order chi connectivity index (χ1) is 17.2. The molecule has 35 heavy (non-hydrogen) atoms. The molecule has 172 valence electrons. The Kier molecular flexibility index (Phi) is 6.12. The zero-order valence-electron chi connectivity index (χ0n) is 18.6. The molecule has 2 N–H and O–H groups in total. The van der Waals surface area contributed by atoms with Crippen LogP contribution in [0.5, 0.6) is 0 Å². The van der Waals surface area contributed by atoms with Crippen molar-refractivity contribution in [3.8, 4) is 22.6 Å². The summed E-state index contributed by atoms with van der Waals surface area (Å²) < 4.78 is 3.28. The number of aromatic nitrogens is 5. The van der Waals surface area contributed by atoms with Crippen molar-refractivity contribution in [1.29, 1.82) is 0 Å². The van der Waals surface area contributed by atoms with Gasteiger partial charge in [0.25, 0.3) is 5.91 Å². The highest BCUT2D eigenvalue weighted by molar-refractivity contribution is 6.02. The summed E-state index contributed by atoms with van der Waals surface area (Å²) in [6.45, 7) is -0.186. The normalized spacial score (nSPS) is 10.6. The second-order valence-corrected chi connectivity index (χ2v) is 7.66. The lowest BCUT2D eigenvalue weighted by Gasteiger charge is -2.08. The van der Waals surface area contributed by atoms with Crippen molar-refractivity contribution in [2.45, 2.75) is 0 Å². The molecule has 2 aromatic heterocycles. The van der Waals surface area contributed by atoms with Crippen molar-refractivity contribution >= 4 is 17.5 Å². The van der Waals surface area contributed by atoms with Gasteiger partial charge in [0, 0.05) is 17.4 Å². The van der Waals surface area contributed by atoms with E-state index in [0.29, 0.717) is 16.9 Å². The first kappa shape index (κ1) is 21.8. The predicted molar refractivity (Wildman–Crippen MR) is 131 cm³/mol. The Balaban J connectivity index is 1.28. The van der Waals surface area contributed by atoms with Crippen molar-refractivity contribution in [2.75, 3.05) is 11.9 Å². The molecule has 0 aliphatic heterocycles. The fourth-order valence-corrected chi connectivity index (χ4v) is 3.56. The standard InChI is InChI=1S/C26H21N7O2/c34-24(30-20-11-13-22(14-12-20)33-18-27-17-29-33)15-28-26(35)23-16-32(21-9-5-2-6-10-21)31-25(23)19-7-3-1-4-8-19/h1-14,16-18H,15H2,(H,28,35)(H,30,34). The van der Waals surface area contributed by atoms with E-state index in [-0.39, 0.29) is 18.4 Å². The minimum absolute atomic E-state index is 0.186. The van der Waals surface area contributed by atoms with E-state index in [2.05, 4.69) is 25.8 Å². The molecule has 0 aliphatic carbocycles. The third kappa shape index (κ3) is 4.98. The third-order valence-electron chi connectivity index (χ3n) is 5.27. The van der Waals surface area contributed by atoms with Gasteiger partial charge >= 0.3 is 0 Å². The van der Waals surface area contributed by atoms with E-state index >= 15 is 0 Å². The monoisotopic (exact) mass is 463 g/mol. The topological polar surface area (TPSA) is 107 Å². The predicted octanol–water partition coefficient (Wildman–Crippen LogP) is 3.49. The lowest BCUT2D eigenvalue weighted by atomic mass is 10.1. The zero-order chi connectivity index (χ0) is 24.0. The Hall–Kier alpha value is -5.05. The molecule has 0 atom stereocenters. The summed E-state index contributed by atoms with van der Waals surface area (Å²) in [6.07, 6.45) is 4.71. The molecule has 9 nitrogen and oxygen atoms in total. The van der Waals surface area contributed by atoms with Gasteiger partial charge < -0.3 is 10.6 Å². The van der Waals surface area contributed by atoms with Crippen LogP contribution in [0.1, 0.15) is 10.4 Å². The average molecular weight is 464 g/mol. The number of anilines is 1. The highest BCUT2D eigenvalue weighted by Crippen LogP contribution is 2.23. The number of nitrogens with one attached hydrogen (secondary N) is 2. The number of nitrogens with zero attached hydrogens (tertiary/aromatic N) is 5. The molecule has 3 aromatic carbocycles. The van der Waals surface area contributed by atoms with E-state index in [9.17, 15) is 9.59 Å². The van der Waals surface area contributed by atoms with Gasteiger partial charge in [-0.25, -0.2) is 14.3 Å². The number of benzene rings is 3. The van der Waals surface area contributed by atoms with Crippen LogP contribution >= 0.6 is 0 Å². The van der Waals surface area contributed by atoms with Gasteiger partial charge in [0.2, 0.25) is 5.91 Å². The SMILES string of the molecule is O=C(CNC(=O)c1cn(-c2ccccc2)nc1-c1ccccc1)Nc1ccc(-n2cncn2)cc1. The van der Waals surface area contributed by atoms with Crippen LogP contribution < -0.4 is 10.6 Å². The minimum atomic E-state index is -0.386. The van der Waals surface area contributed by atoms with Crippen LogP contribution in [0.2, 0.25) is 0 Å². The molecule has 0 spiro atoms. The van der Waals surface area contributed by atoms with Crippen molar-refractivity contribution in [3.05, 3.63) is 109 Å². The van der Waals surface area contributed by atoms with Gasteiger partial charge in [-0.1, -0.05) is 48.5 Å². The molecule has 0 unspecified atom stereocenters. The van der Waals surface area contributed by atoms with Crippen LogP contribution in [0.3, 0.4) is 0 Å². The molecule has 2 amide bonds. The number of amides is 2. The van der Waals surface area contributed by atoms with E-state index in [1.54, 1.807) is 34.0 Å². The molecule has 0 aliphatic rings. The first-order valence-corrected chi connectivity index (χ1v) is 10.9. The molecule has 0 saturated heterocycles. The van der Waals surface area contributed by atoms with E-state index in [4.69, 9.17) is 0 Å². The van der Waals surface area contributed by atoms with Crippen LogP contribution in [-0.2, 0) is 4.79 Å². The smallest absolute Gasteiger partial charge is 0.255 e. The maximum Gasteiger partial charge on any atom is 0.255 e. The van der Waals surface area contributed by atoms with Crippen LogP contribution in [0, 0.1) is 0 Å². The zero-order valence-corrected chi connectivity index (χ0v) is 18.6. The Morgan fingerprint density at radius 3 is 2.17 bits per heavy atom. The number of carbonyl (C=O) groups is 2. The first-order valence-electron chi connectivity index (χ1n) is 10.9. The molecule has 9 heteroatoms. The summed E-state index contributed by atoms with van der Waals surface area (Å²) in [5.41, 5.74) is 3.98. The second kappa shape index (κ2) is 9.84. The second-order valence-electron chi connectivity index (χ2n) is 7.66. The number of rotatable bonds is 7. The van der Waals surface area contributed by atoms with E-state index < -0.39 is 0 Å². The number of hydrogen-bond acceptors (Lipinski definition) is 5. The van der Waals surface area contributed by atoms with E-state index in [1.165, 1.54) is 6.33 Å². The lowest BCUT2D eigenvalue weighted by molar-refractivity contribution is -0.115. The molecule has 0 fully saturated rings. The number of para-hydroxylation sites is 1. The molecular weight excluding hydrogens is 442 g/mol. The summed E-state index contributed by atoms with van der Waals surface area (Å²) in [5, 5.41) is 14.2. The summed E-state index contributed by atoms with van der Waals surface area (Å²) in [7, 11) is 0. The molecule has 5 aromatic rings. The summed E-state index contributed by atoms with van der Waals surface area (Å²) >= 11 is 0. The summed E-state index contributed by atoms with van der Waals surface area (Å²) in [6, 6.07) is 26.1. The highest BCUT2D eigenvalue weighted by Gasteiger charge is 2.19. The Morgan fingerprint density at radius 2 is 1.49 bits per heavy atom. The van der Waals surface area contributed by atoms with Crippen LogP contribution in [0.4, 0.5) is 5.69 Å². The largest absolute Gasteiger partial charge is 0.343 e. The van der Waals surface area contributed by atoms with Gasteiger partial charge in [0.1, 0.15) is 18.3 Å². The van der Waals surface area contributed by atoms with Crippen LogP contribution in [-0.4, -0.2) is 42.9 Å². The minimum Gasteiger partial charge on any atom is -0.343 e. The van der Waals surface area contributed by atoms with Gasteiger partial charge in [-0.3, -0.25) is 9.59 Å². The summed E-state index contributed by atoms with van der Waals surface area (Å²) in [5.74, 6) is -0.730. The van der Waals surface area contributed by atoms with Crippen molar-refractivity contribution in [1.82, 2.24) is 29.9 Å². The number of carbonyl (C=O) groups excluding carboxylic acids is 2. The fraction of sp³-hybridized carbons (Fsp3) is 0.0385. The van der Waals surface area contributed by atoms with Crippen molar-refractivity contribution in [3.63, 3.8) is 0 Å². The molecular formula is C26H21N7O2. The van der Waals surface area contributed by atoms with Gasteiger partial charge in [0.15, 0.2) is 0 Å². The van der Waals surface area contributed by atoms with E-state index in [0.717, 1.165) is 16.9 Å². The molecule has 2 heterocycles. The summed E-state index contributed by atoms with van der Waals surface area (Å²) in [4.78, 5) is 29.4. The molecule has 5 rings (SSSR count). The average Bonchev–Trinajstić information content (AvgIpc) is 3.60. The van der Waals surface area contributed by atoms with E-state index in [1.807, 2.05) is 72.8 Å². The third-order valence-corrected chi connectivity index (χ3v) is 5.27. The molecule has 0 bridgehead atoms. The Labute approximate surface area is 201 Å². The maximum absolute atomic E-state index is 13.1. The number of hydrogen-bond donors (Lipinski definition) is 2. The fourth-order valence-electron chi connectivity index (χ4n) is 3.56. The highest BCUT2D eigenvalue weighted by atomic mass is 16.2. The van der Waals surface area contributed by atoms with Crippen molar-refractivity contribution < 1.29 is 9.59 Å². The van der Waals surface area contributed by atoms with Crippen LogP contribution in [0.25, 0.3) is 22.6 Å². The Bertz CT molecular complexity index is 1430. The van der Waals surface area contributed by atoms with Gasteiger partial charge in [-0.05, 0) is 36.4 Å². The van der Waals surface area contributed by atoms with Gasteiger partial charge in [0.05, 0.1) is 23.5 Å². The Morgan fingerprint density at radius 1 is 0.800 bits per heavy atom. The molecule has 0 radical (unpaired) electrons. The quantitative estimate of drug-likeness (QED) is 0.384. The van der Waals surface area contributed by atoms with Gasteiger partial charge in [-0.15, -0.1) is 0 Å². The molecule has 0 saturated carbocycles. The lowest BCUT2D eigenvalue weighted by Crippen LogP contribution is -2.33. The van der Waals surface area contributed by atoms with Gasteiger partial charge in [-0.2, -0.15) is 10.2 Å².